The van der Waals surface area contributed by atoms with E-state index in [4.69, 9.17) is 44.7 Å². The molecule has 0 amide bonds. The zero-order valence-corrected chi connectivity index (χ0v) is 26.7. The van der Waals surface area contributed by atoms with Crippen molar-refractivity contribution >= 4 is 74.5 Å². The van der Waals surface area contributed by atoms with E-state index in [1.54, 1.807) is 24.5 Å². The first-order valence-corrected chi connectivity index (χ1v) is 16.0. The summed E-state index contributed by atoms with van der Waals surface area (Å²) in [4.78, 5) is 30.0. The Kier molecular flexibility index (Phi) is 9.61. The van der Waals surface area contributed by atoms with Gasteiger partial charge in [-0.2, -0.15) is 0 Å². The number of morpholine rings is 1. The number of benzene rings is 2. The van der Waals surface area contributed by atoms with E-state index in [0.29, 0.717) is 39.9 Å². The molecule has 2 saturated heterocycles. The number of nitrogens with two attached hydrogens (primary N) is 1. The van der Waals surface area contributed by atoms with Gasteiger partial charge < -0.3 is 25.2 Å². The minimum absolute atomic E-state index is 0.187. The lowest BCUT2D eigenvalue weighted by molar-refractivity contribution is 0.0323. The van der Waals surface area contributed by atoms with Crippen molar-refractivity contribution in [3.63, 3.8) is 0 Å². The van der Waals surface area contributed by atoms with E-state index in [2.05, 4.69) is 25.9 Å². The van der Waals surface area contributed by atoms with Crippen LogP contribution in [-0.4, -0.2) is 91.1 Å². The number of nitrogen functional groups attached to an aromatic ring is 1. The Hall–Kier alpha value is -4.01. The molecule has 2 aliphatic heterocycles. The second-order valence-corrected chi connectivity index (χ2v) is 12.6. The SMILES string of the molecule is Nc1ncc2ncc(-c3cc(/C=C4\SC(=S)N(CCc5ccc(C(=O)O)cc5)C4=S)ccc3OCCN3CCOCC3)cc2n1. The van der Waals surface area contributed by atoms with Crippen molar-refractivity contribution in [1.82, 2.24) is 24.8 Å². The molecule has 45 heavy (non-hydrogen) atoms. The number of aromatic carboxylic acids is 1. The Morgan fingerprint density at radius 3 is 2.62 bits per heavy atom. The first kappa shape index (κ1) is 31.0. The van der Waals surface area contributed by atoms with Crippen LogP contribution in [0.3, 0.4) is 0 Å². The highest BCUT2D eigenvalue weighted by atomic mass is 32.2. The quantitative estimate of drug-likeness (QED) is 0.177. The number of nitrogens with zero attached hydrogens (tertiary/aromatic N) is 5. The molecule has 4 heterocycles. The van der Waals surface area contributed by atoms with Crippen molar-refractivity contribution in [2.24, 2.45) is 0 Å². The smallest absolute Gasteiger partial charge is 0.335 e. The lowest BCUT2D eigenvalue weighted by Gasteiger charge is -2.26. The lowest BCUT2D eigenvalue weighted by Crippen LogP contribution is -2.38. The summed E-state index contributed by atoms with van der Waals surface area (Å²) in [6, 6.07) is 14.8. The van der Waals surface area contributed by atoms with Crippen molar-refractivity contribution in [2.45, 2.75) is 6.42 Å². The lowest BCUT2D eigenvalue weighted by atomic mass is 10.0. The zero-order valence-electron chi connectivity index (χ0n) is 24.2. The highest BCUT2D eigenvalue weighted by Gasteiger charge is 2.28. The number of ether oxygens (including phenoxy) is 2. The average molecular weight is 659 g/mol. The fraction of sp³-hybridized carbons (Fsp3) is 0.250. The molecule has 2 aromatic carbocycles. The maximum atomic E-state index is 11.2. The topological polar surface area (TPSA) is 127 Å². The maximum absolute atomic E-state index is 11.2. The van der Waals surface area contributed by atoms with E-state index in [1.165, 1.54) is 11.8 Å². The molecule has 0 atom stereocenters. The summed E-state index contributed by atoms with van der Waals surface area (Å²) in [5, 5.41) is 9.16. The number of aromatic nitrogens is 3. The molecule has 4 aromatic rings. The second-order valence-electron chi connectivity index (χ2n) is 10.5. The summed E-state index contributed by atoms with van der Waals surface area (Å²) >= 11 is 13.0. The Labute approximate surface area is 275 Å². The first-order valence-electron chi connectivity index (χ1n) is 14.4. The summed E-state index contributed by atoms with van der Waals surface area (Å²) in [7, 11) is 0. The number of anilines is 1. The van der Waals surface area contributed by atoms with E-state index in [-0.39, 0.29) is 11.5 Å². The van der Waals surface area contributed by atoms with Crippen molar-refractivity contribution < 1.29 is 19.4 Å². The number of carboxylic acid groups (broad SMARTS) is 1. The van der Waals surface area contributed by atoms with Gasteiger partial charge in [-0.25, -0.2) is 14.8 Å². The van der Waals surface area contributed by atoms with E-state index in [1.807, 2.05) is 41.3 Å². The monoisotopic (exact) mass is 658 g/mol. The summed E-state index contributed by atoms with van der Waals surface area (Å²) in [6.07, 6.45) is 6.12. The fourth-order valence-corrected chi connectivity index (χ4v) is 6.88. The van der Waals surface area contributed by atoms with Crippen LogP contribution in [0.1, 0.15) is 21.5 Å². The van der Waals surface area contributed by atoms with Crippen molar-refractivity contribution in [3.05, 3.63) is 82.5 Å². The van der Waals surface area contributed by atoms with Crippen LogP contribution in [0, 0.1) is 0 Å². The van der Waals surface area contributed by atoms with E-state index < -0.39 is 5.97 Å². The Balaban J connectivity index is 1.23. The number of rotatable bonds is 10. The Bertz CT molecular complexity index is 1790. The third-order valence-corrected chi connectivity index (χ3v) is 9.50. The van der Waals surface area contributed by atoms with Crippen LogP contribution in [0.5, 0.6) is 5.75 Å². The molecule has 2 aromatic heterocycles. The summed E-state index contributed by atoms with van der Waals surface area (Å²) in [5.41, 5.74) is 11.1. The summed E-state index contributed by atoms with van der Waals surface area (Å²) in [5.74, 6) is -0.0197. The number of thiocarbonyl (C=S) groups is 2. The average Bonchev–Trinajstić information content (AvgIpc) is 3.31. The van der Waals surface area contributed by atoms with Gasteiger partial charge in [-0.15, -0.1) is 0 Å². The molecular weight excluding hydrogens is 629 g/mol. The van der Waals surface area contributed by atoms with Gasteiger partial charge in [0.1, 0.15) is 27.2 Å². The van der Waals surface area contributed by atoms with Crippen LogP contribution in [0.25, 0.3) is 28.2 Å². The van der Waals surface area contributed by atoms with Crippen LogP contribution in [0.2, 0.25) is 0 Å². The van der Waals surface area contributed by atoms with Gasteiger partial charge >= 0.3 is 5.97 Å². The van der Waals surface area contributed by atoms with Gasteiger partial charge in [0, 0.05) is 43.5 Å². The zero-order chi connectivity index (χ0) is 31.3. The van der Waals surface area contributed by atoms with Crippen LogP contribution < -0.4 is 10.5 Å². The van der Waals surface area contributed by atoms with Gasteiger partial charge in [-0.3, -0.25) is 9.88 Å². The summed E-state index contributed by atoms with van der Waals surface area (Å²) < 4.78 is 12.5. The summed E-state index contributed by atoms with van der Waals surface area (Å²) in [6.45, 7) is 5.20. The molecule has 0 radical (unpaired) electrons. The van der Waals surface area contributed by atoms with E-state index in [0.717, 1.165) is 65.8 Å². The van der Waals surface area contributed by atoms with Gasteiger partial charge in [-0.05, 0) is 54.0 Å². The number of thioether (sulfide) groups is 1. The number of fused-ring (bicyclic) bond motifs is 1. The van der Waals surface area contributed by atoms with Crippen LogP contribution in [-0.2, 0) is 11.2 Å². The third-order valence-electron chi connectivity index (χ3n) is 7.53. The number of hydrogen-bond donors (Lipinski definition) is 2. The van der Waals surface area contributed by atoms with Gasteiger partial charge in [0.15, 0.2) is 0 Å². The molecule has 2 aliphatic rings. The maximum Gasteiger partial charge on any atom is 0.335 e. The van der Waals surface area contributed by atoms with Gasteiger partial charge in [0.25, 0.3) is 0 Å². The van der Waals surface area contributed by atoms with Crippen molar-refractivity contribution in [2.75, 3.05) is 51.7 Å². The minimum Gasteiger partial charge on any atom is -0.492 e. The van der Waals surface area contributed by atoms with Crippen molar-refractivity contribution in [1.29, 1.82) is 0 Å². The molecule has 0 bridgehead atoms. The predicted molar refractivity (Wildman–Crippen MR) is 185 cm³/mol. The molecule has 0 unspecified atom stereocenters. The molecule has 230 valence electrons. The van der Waals surface area contributed by atoms with Gasteiger partial charge in [0.05, 0.1) is 35.4 Å². The van der Waals surface area contributed by atoms with Crippen molar-refractivity contribution in [3.8, 4) is 16.9 Å². The molecular formula is C32H30N6O4S3. The normalized spacial score (nSPS) is 16.5. The standard InChI is InChI=1S/C32H30N6O4S3/c33-31-35-19-26-25(36-31)17-23(18-34-26)24-15-21(3-6-27(24)42-14-11-37-9-12-41-13-10-37)16-28-29(43)38(32(44)45-28)8-7-20-1-4-22(5-2-20)30(39)40/h1-6,15-19H,7-14H2,(H,39,40)(H2,33,35,36)/b28-16-. The minimum atomic E-state index is -0.944. The van der Waals surface area contributed by atoms with Gasteiger partial charge in [-0.1, -0.05) is 54.4 Å². The number of hydrogen-bond acceptors (Lipinski definition) is 11. The highest BCUT2D eigenvalue weighted by Crippen LogP contribution is 2.37. The van der Waals surface area contributed by atoms with Gasteiger partial charge in [0.2, 0.25) is 5.95 Å². The van der Waals surface area contributed by atoms with E-state index >= 15 is 0 Å². The molecule has 13 heteroatoms. The largest absolute Gasteiger partial charge is 0.492 e. The number of pyridine rings is 1. The van der Waals surface area contributed by atoms with Crippen LogP contribution in [0.15, 0.2) is 65.8 Å². The van der Waals surface area contributed by atoms with E-state index in [9.17, 15) is 4.79 Å². The first-order chi connectivity index (χ1) is 21.8. The fourth-order valence-electron chi connectivity index (χ4n) is 5.08. The molecule has 0 aliphatic carbocycles. The Morgan fingerprint density at radius 2 is 1.84 bits per heavy atom. The van der Waals surface area contributed by atoms with Crippen LogP contribution in [0.4, 0.5) is 5.95 Å². The number of carboxylic acids is 1. The van der Waals surface area contributed by atoms with Crippen LogP contribution >= 0.6 is 36.2 Å². The highest BCUT2D eigenvalue weighted by molar-refractivity contribution is 8.27. The second kappa shape index (κ2) is 14.0. The molecule has 10 nitrogen and oxygen atoms in total. The molecule has 3 N–H and O–H groups in total. The molecule has 0 spiro atoms. The molecule has 2 fully saturated rings. The predicted octanol–water partition coefficient (Wildman–Crippen LogP) is 4.93. The Morgan fingerprint density at radius 1 is 1.04 bits per heavy atom. The molecule has 6 rings (SSSR count). The molecule has 0 saturated carbocycles. The third kappa shape index (κ3) is 7.45. The number of carbonyl (C=O) groups is 1.